The van der Waals surface area contributed by atoms with Crippen molar-refractivity contribution in [2.75, 3.05) is 6.61 Å². The summed E-state index contributed by atoms with van der Waals surface area (Å²) in [6.45, 7) is 26.8. The van der Waals surface area contributed by atoms with Crippen LogP contribution in [0.2, 0.25) is 36.3 Å². The lowest BCUT2D eigenvalue weighted by Crippen LogP contribution is -2.56. The van der Waals surface area contributed by atoms with Gasteiger partial charge in [-0.25, -0.2) is 0 Å². The molecule has 4 nitrogen and oxygen atoms in total. The number of rotatable bonds is 7. The van der Waals surface area contributed by atoms with Crippen LogP contribution in [0.5, 0.6) is 0 Å². The zero-order valence-corrected chi connectivity index (χ0v) is 23.1. The van der Waals surface area contributed by atoms with Crippen LogP contribution in [0, 0.1) is 5.92 Å². The molecule has 0 aliphatic carbocycles. The molecule has 0 amide bonds. The van der Waals surface area contributed by atoms with E-state index >= 15 is 0 Å². The highest BCUT2D eigenvalue weighted by Crippen LogP contribution is 2.42. The zero-order valence-electron chi connectivity index (χ0n) is 21.1. The van der Waals surface area contributed by atoms with Gasteiger partial charge in [-0.15, -0.1) is 0 Å². The summed E-state index contributed by atoms with van der Waals surface area (Å²) < 4.78 is 19.9. The first kappa shape index (κ1) is 27.0. The van der Waals surface area contributed by atoms with Gasteiger partial charge in [-0.3, -0.25) is 0 Å². The number of aliphatic hydroxyl groups is 1. The second-order valence-electron chi connectivity index (χ2n) is 11.8. The normalized spacial score (nSPS) is 28.7. The molecule has 6 heteroatoms. The van der Waals surface area contributed by atoms with E-state index in [1.54, 1.807) is 0 Å². The molecule has 0 bridgehead atoms. The van der Waals surface area contributed by atoms with Crippen LogP contribution in [0.3, 0.4) is 0 Å². The lowest BCUT2D eigenvalue weighted by atomic mass is 9.88. The minimum atomic E-state index is -2.02. The van der Waals surface area contributed by atoms with E-state index < -0.39 is 16.6 Å². The predicted molar refractivity (Wildman–Crippen MR) is 128 cm³/mol. The Labute approximate surface area is 182 Å². The highest BCUT2D eigenvalue weighted by atomic mass is 28.4. The molecule has 1 aliphatic rings. The SMILES string of the molecule is C/C=C/[C@@H]1O[C@H]([C@@H](CO)O[Si](C)(C)C(C)(C)C)C[C@@H](O[Si](C)(C)C(C)(C)C)[C@@H]1C. The smallest absolute Gasteiger partial charge is 0.192 e. The monoisotopic (exact) mass is 444 g/mol. The van der Waals surface area contributed by atoms with Gasteiger partial charge in [-0.05, 0) is 43.2 Å². The van der Waals surface area contributed by atoms with Crippen LogP contribution < -0.4 is 0 Å². The summed E-state index contributed by atoms with van der Waals surface area (Å²) >= 11 is 0. The molecule has 172 valence electrons. The fourth-order valence-electron chi connectivity index (χ4n) is 3.18. The molecule has 1 aliphatic heterocycles. The van der Waals surface area contributed by atoms with Gasteiger partial charge in [0.1, 0.15) is 0 Å². The molecule has 0 unspecified atom stereocenters. The van der Waals surface area contributed by atoms with Crippen molar-refractivity contribution in [1.29, 1.82) is 0 Å². The van der Waals surface area contributed by atoms with E-state index in [0.717, 1.165) is 6.42 Å². The van der Waals surface area contributed by atoms with Gasteiger partial charge < -0.3 is 18.7 Å². The number of hydrogen-bond acceptors (Lipinski definition) is 4. The van der Waals surface area contributed by atoms with Gasteiger partial charge in [0.05, 0.1) is 31.0 Å². The molecule has 1 rings (SSSR count). The molecule has 1 heterocycles. The van der Waals surface area contributed by atoms with E-state index in [0.29, 0.717) is 0 Å². The molecule has 5 atom stereocenters. The van der Waals surface area contributed by atoms with Gasteiger partial charge in [-0.2, -0.15) is 0 Å². The van der Waals surface area contributed by atoms with Crippen LogP contribution in [0.4, 0.5) is 0 Å². The van der Waals surface area contributed by atoms with Crippen LogP contribution in [-0.4, -0.2) is 52.8 Å². The van der Waals surface area contributed by atoms with Crippen molar-refractivity contribution in [3.8, 4) is 0 Å². The molecular formula is C23H48O4Si2. The fourth-order valence-corrected chi connectivity index (χ4v) is 5.94. The van der Waals surface area contributed by atoms with Crippen molar-refractivity contribution in [3.63, 3.8) is 0 Å². The standard InChI is InChI=1S/C23H48O4Si2/c1-13-14-18-17(2)19(26-28(9,10)22(3,4)5)15-20(25-18)21(16-24)27-29(11,12)23(6,7)8/h13-14,17-21,24H,15-16H2,1-12H3/b14-13+/t17-,18+,19-,20+,21-/m1/s1. The second-order valence-corrected chi connectivity index (χ2v) is 21.3. The molecule has 0 saturated carbocycles. The van der Waals surface area contributed by atoms with E-state index in [9.17, 15) is 5.11 Å². The summed E-state index contributed by atoms with van der Waals surface area (Å²) in [6, 6.07) is 0. The molecule has 0 aromatic carbocycles. The highest BCUT2D eigenvalue weighted by molar-refractivity contribution is 6.74. The molecular weight excluding hydrogens is 396 g/mol. The van der Waals surface area contributed by atoms with Crippen molar-refractivity contribution in [2.24, 2.45) is 5.92 Å². The third kappa shape index (κ3) is 6.75. The van der Waals surface area contributed by atoms with E-state index in [1.807, 2.05) is 6.92 Å². The molecule has 0 radical (unpaired) electrons. The van der Waals surface area contributed by atoms with Crippen molar-refractivity contribution in [2.45, 2.75) is 122 Å². The molecule has 1 N–H and O–H groups in total. The van der Waals surface area contributed by atoms with Crippen LogP contribution >= 0.6 is 0 Å². The van der Waals surface area contributed by atoms with Gasteiger partial charge in [0.25, 0.3) is 0 Å². The topological polar surface area (TPSA) is 47.9 Å². The maximum atomic E-state index is 10.2. The van der Waals surface area contributed by atoms with Crippen molar-refractivity contribution in [1.82, 2.24) is 0 Å². The lowest BCUT2D eigenvalue weighted by molar-refractivity contribution is -0.148. The summed E-state index contributed by atoms with van der Waals surface area (Å²) in [5.74, 6) is 0.267. The molecule has 0 aromatic heterocycles. The lowest BCUT2D eigenvalue weighted by Gasteiger charge is -2.48. The number of hydrogen-bond donors (Lipinski definition) is 1. The Hall–Kier alpha value is 0.0138. The highest BCUT2D eigenvalue weighted by Gasteiger charge is 2.47. The molecule has 0 aromatic rings. The summed E-state index contributed by atoms with van der Waals surface area (Å²) in [5, 5.41) is 10.4. The Morgan fingerprint density at radius 1 is 1.03 bits per heavy atom. The summed E-state index contributed by atoms with van der Waals surface area (Å²) in [4.78, 5) is 0. The van der Waals surface area contributed by atoms with Crippen LogP contribution in [-0.2, 0) is 13.6 Å². The fraction of sp³-hybridized carbons (Fsp3) is 0.913. The number of aliphatic hydroxyl groups excluding tert-OH is 1. The van der Waals surface area contributed by atoms with Crippen molar-refractivity contribution < 1.29 is 18.7 Å². The van der Waals surface area contributed by atoms with Crippen LogP contribution in [0.1, 0.15) is 61.8 Å². The summed E-state index contributed by atoms with van der Waals surface area (Å²) in [5.41, 5.74) is 0. The maximum absolute atomic E-state index is 10.2. The molecule has 1 fully saturated rings. The van der Waals surface area contributed by atoms with Gasteiger partial charge in [0, 0.05) is 12.3 Å². The van der Waals surface area contributed by atoms with Crippen molar-refractivity contribution >= 4 is 16.6 Å². The van der Waals surface area contributed by atoms with Crippen LogP contribution in [0.25, 0.3) is 0 Å². The quantitative estimate of drug-likeness (QED) is 0.379. The number of allylic oxidation sites excluding steroid dienone is 1. The van der Waals surface area contributed by atoms with E-state index in [-0.39, 0.29) is 47.0 Å². The first-order chi connectivity index (χ1) is 13.0. The Morgan fingerprint density at radius 2 is 1.55 bits per heavy atom. The Kier molecular flexibility index (Phi) is 9.01. The second kappa shape index (κ2) is 9.66. The Balaban J connectivity index is 3.13. The largest absolute Gasteiger partial charge is 0.413 e. The van der Waals surface area contributed by atoms with Gasteiger partial charge in [0.15, 0.2) is 16.6 Å². The average Bonchev–Trinajstić information content (AvgIpc) is 2.54. The zero-order chi connectivity index (χ0) is 22.8. The minimum absolute atomic E-state index is 0.0226. The molecule has 1 saturated heterocycles. The van der Waals surface area contributed by atoms with Crippen molar-refractivity contribution in [3.05, 3.63) is 12.2 Å². The third-order valence-electron chi connectivity index (χ3n) is 7.38. The van der Waals surface area contributed by atoms with E-state index in [1.165, 1.54) is 0 Å². The van der Waals surface area contributed by atoms with E-state index in [2.05, 4.69) is 86.8 Å². The summed E-state index contributed by atoms with van der Waals surface area (Å²) in [6.07, 6.45) is 4.54. The van der Waals surface area contributed by atoms with Gasteiger partial charge >= 0.3 is 0 Å². The average molecular weight is 445 g/mol. The first-order valence-corrected chi connectivity index (χ1v) is 17.0. The van der Waals surface area contributed by atoms with E-state index in [4.69, 9.17) is 13.6 Å². The Bertz CT molecular complexity index is 546. The molecule has 29 heavy (non-hydrogen) atoms. The summed E-state index contributed by atoms with van der Waals surface area (Å²) in [7, 11) is -3.93. The first-order valence-electron chi connectivity index (χ1n) is 11.2. The Morgan fingerprint density at radius 3 is 1.97 bits per heavy atom. The minimum Gasteiger partial charge on any atom is -0.413 e. The predicted octanol–water partition coefficient (Wildman–Crippen LogP) is 6.13. The number of ether oxygens (including phenoxy) is 1. The van der Waals surface area contributed by atoms with Gasteiger partial charge in [0.2, 0.25) is 0 Å². The molecule has 0 spiro atoms. The third-order valence-corrected chi connectivity index (χ3v) is 16.4. The maximum Gasteiger partial charge on any atom is 0.192 e. The van der Waals surface area contributed by atoms with Gasteiger partial charge in [-0.1, -0.05) is 60.6 Å². The van der Waals surface area contributed by atoms with Crippen LogP contribution in [0.15, 0.2) is 12.2 Å².